The molecule has 2 unspecified atom stereocenters. The molecular weight excluding hydrogens is 116 g/mol. The van der Waals surface area contributed by atoms with Crippen molar-refractivity contribution in [3.8, 4) is 0 Å². The predicted octanol–water partition coefficient (Wildman–Crippen LogP) is 1.99. The Labute approximate surface area is 53.7 Å². The predicted molar refractivity (Wildman–Crippen MR) is 38.1 cm³/mol. The van der Waals surface area contributed by atoms with E-state index in [1.165, 1.54) is 0 Å². The number of rotatable bonds is 0. The Bertz CT molecular complexity index is 169. The van der Waals surface area contributed by atoms with E-state index in [1.807, 2.05) is 11.8 Å². The van der Waals surface area contributed by atoms with Crippen LogP contribution in [-0.2, 0) is 0 Å². The Morgan fingerprint density at radius 1 is 1.50 bits per heavy atom. The minimum absolute atomic E-state index is 0.495. The van der Waals surface area contributed by atoms with Gasteiger partial charge in [-0.3, -0.25) is 0 Å². The second-order valence-corrected chi connectivity index (χ2v) is 4.09. The molecule has 8 heavy (non-hydrogen) atoms. The quantitative estimate of drug-likeness (QED) is 0.445. The second kappa shape index (κ2) is 1.21. The third-order valence-electron chi connectivity index (χ3n) is 1.71. The van der Waals surface area contributed by atoms with Crippen LogP contribution in [0.15, 0.2) is 24.3 Å². The van der Waals surface area contributed by atoms with E-state index in [0.29, 0.717) is 4.75 Å². The Kier molecular flexibility index (Phi) is 0.711. The molecule has 2 atom stereocenters. The number of hydrogen-bond donors (Lipinski definition) is 0. The molecular formula is C7H8S. The van der Waals surface area contributed by atoms with Gasteiger partial charge in [-0.25, -0.2) is 0 Å². The Hall–Kier alpha value is -0.170. The molecule has 42 valence electrons. The van der Waals surface area contributed by atoms with Crippen molar-refractivity contribution in [3.05, 3.63) is 24.3 Å². The van der Waals surface area contributed by atoms with Gasteiger partial charge in [0.25, 0.3) is 0 Å². The van der Waals surface area contributed by atoms with Crippen molar-refractivity contribution in [2.24, 2.45) is 0 Å². The van der Waals surface area contributed by atoms with E-state index >= 15 is 0 Å². The SMILES string of the molecule is CC12C=CC=CC1S2. The molecule has 0 spiro atoms. The van der Waals surface area contributed by atoms with Gasteiger partial charge in [-0.2, -0.15) is 0 Å². The van der Waals surface area contributed by atoms with Crippen LogP contribution >= 0.6 is 11.8 Å². The van der Waals surface area contributed by atoms with Crippen LogP contribution in [0.2, 0.25) is 0 Å². The summed E-state index contributed by atoms with van der Waals surface area (Å²) in [4.78, 5) is 0. The van der Waals surface area contributed by atoms with Crippen LogP contribution in [0.25, 0.3) is 0 Å². The number of allylic oxidation sites excluding steroid dienone is 2. The van der Waals surface area contributed by atoms with E-state index in [9.17, 15) is 0 Å². The highest BCUT2D eigenvalue weighted by Gasteiger charge is 2.48. The summed E-state index contributed by atoms with van der Waals surface area (Å²) in [5.41, 5.74) is 0. The summed E-state index contributed by atoms with van der Waals surface area (Å²) in [6, 6.07) is 0. The molecule has 1 heteroatoms. The van der Waals surface area contributed by atoms with Crippen LogP contribution in [0.1, 0.15) is 6.92 Å². The summed E-state index contributed by atoms with van der Waals surface area (Å²) >= 11 is 2.03. The van der Waals surface area contributed by atoms with E-state index in [0.717, 1.165) is 5.25 Å². The van der Waals surface area contributed by atoms with Crippen molar-refractivity contribution >= 4 is 11.8 Å². The Balaban J connectivity index is 2.33. The lowest BCUT2D eigenvalue weighted by molar-refractivity contribution is 0.921. The van der Waals surface area contributed by atoms with Crippen molar-refractivity contribution < 1.29 is 0 Å². The van der Waals surface area contributed by atoms with Gasteiger partial charge in [0.1, 0.15) is 0 Å². The first kappa shape index (κ1) is 4.68. The van der Waals surface area contributed by atoms with Crippen molar-refractivity contribution in [2.45, 2.75) is 16.9 Å². The third kappa shape index (κ3) is 0.480. The van der Waals surface area contributed by atoms with E-state index in [2.05, 4.69) is 31.2 Å². The molecule has 0 aromatic heterocycles. The zero-order chi connectivity index (χ0) is 5.61. The maximum atomic E-state index is 2.28. The molecule has 1 aliphatic carbocycles. The number of hydrogen-bond acceptors (Lipinski definition) is 1. The summed E-state index contributed by atoms with van der Waals surface area (Å²) in [5.74, 6) is 0. The number of thioether (sulfide) groups is 1. The highest BCUT2D eigenvalue weighted by atomic mass is 32.2. The fraction of sp³-hybridized carbons (Fsp3) is 0.429. The average Bonchev–Trinajstić information content (AvgIpc) is 2.39. The fourth-order valence-corrected chi connectivity index (χ4v) is 1.98. The van der Waals surface area contributed by atoms with Crippen molar-refractivity contribution in [3.63, 3.8) is 0 Å². The summed E-state index contributed by atoms with van der Waals surface area (Å²) in [5, 5.41) is 0.799. The van der Waals surface area contributed by atoms with Gasteiger partial charge in [0.15, 0.2) is 0 Å². The van der Waals surface area contributed by atoms with Crippen LogP contribution in [0.4, 0.5) is 0 Å². The van der Waals surface area contributed by atoms with Crippen LogP contribution < -0.4 is 0 Å². The van der Waals surface area contributed by atoms with Crippen LogP contribution in [0.3, 0.4) is 0 Å². The van der Waals surface area contributed by atoms with Crippen LogP contribution in [0, 0.1) is 0 Å². The van der Waals surface area contributed by atoms with Gasteiger partial charge in [-0.05, 0) is 6.92 Å². The van der Waals surface area contributed by atoms with E-state index < -0.39 is 0 Å². The standard InChI is InChI=1S/C7H8S/c1-7-5-3-2-4-6(7)8-7/h2-6H,1H3. The molecule has 1 heterocycles. The monoisotopic (exact) mass is 124 g/mol. The topological polar surface area (TPSA) is 0 Å². The van der Waals surface area contributed by atoms with Gasteiger partial charge in [0, 0.05) is 10.00 Å². The van der Waals surface area contributed by atoms with Crippen LogP contribution in [0.5, 0.6) is 0 Å². The summed E-state index contributed by atoms with van der Waals surface area (Å²) in [6.07, 6.45) is 8.82. The molecule has 0 amide bonds. The minimum Gasteiger partial charge on any atom is -0.140 e. The molecule has 0 radical (unpaired) electrons. The van der Waals surface area contributed by atoms with E-state index in [1.54, 1.807) is 0 Å². The third-order valence-corrected chi connectivity index (χ3v) is 3.26. The maximum absolute atomic E-state index is 2.28. The molecule has 1 fully saturated rings. The fourth-order valence-electron chi connectivity index (χ4n) is 1.02. The van der Waals surface area contributed by atoms with Crippen molar-refractivity contribution in [2.75, 3.05) is 0 Å². The van der Waals surface area contributed by atoms with Gasteiger partial charge in [-0.15, -0.1) is 11.8 Å². The largest absolute Gasteiger partial charge is 0.140 e. The molecule has 0 saturated carbocycles. The molecule has 0 nitrogen and oxygen atoms in total. The smallest absolute Gasteiger partial charge is 0.0474 e. The molecule has 1 saturated heterocycles. The Morgan fingerprint density at radius 3 is 2.88 bits per heavy atom. The van der Waals surface area contributed by atoms with Crippen LogP contribution in [-0.4, -0.2) is 10.00 Å². The molecule has 2 aliphatic rings. The molecule has 0 N–H and O–H groups in total. The first-order valence-corrected chi connectivity index (χ1v) is 3.73. The molecule has 0 aromatic rings. The molecule has 2 rings (SSSR count). The average molecular weight is 124 g/mol. The van der Waals surface area contributed by atoms with Crippen molar-refractivity contribution in [1.82, 2.24) is 0 Å². The lowest BCUT2D eigenvalue weighted by Gasteiger charge is -1.99. The first-order chi connectivity index (χ1) is 3.81. The minimum atomic E-state index is 0.495. The molecule has 0 bridgehead atoms. The maximum Gasteiger partial charge on any atom is 0.0474 e. The van der Waals surface area contributed by atoms with Gasteiger partial charge in [0.2, 0.25) is 0 Å². The second-order valence-electron chi connectivity index (χ2n) is 2.47. The summed E-state index contributed by atoms with van der Waals surface area (Å²) in [7, 11) is 0. The molecule has 1 aliphatic heterocycles. The zero-order valence-corrected chi connectivity index (χ0v) is 5.61. The molecule has 0 aromatic carbocycles. The van der Waals surface area contributed by atoms with Gasteiger partial charge >= 0.3 is 0 Å². The van der Waals surface area contributed by atoms with Gasteiger partial charge in [0.05, 0.1) is 0 Å². The van der Waals surface area contributed by atoms with E-state index in [4.69, 9.17) is 0 Å². The highest BCUT2D eigenvalue weighted by Crippen LogP contribution is 2.56. The van der Waals surface area contributed by atoms with Gasteiger partial charge in [-0.1, -0.05) is 24.3 Å². The van der Waals surface area contributed by atoms with Crippen molar-refractivity contribution in [1.29, 1.82) is 0 Å². The summed E-state index contributed by atoms with van der Waals surface area (Å²) < 4.78 is 0.495. The first-order valence-electron chi connectivity index (χ1n) is 2.85. The van der Waals surface area contributed by atoms with Gasteiger partial charge < -0.3 is 0 Å². The summed E-state index contributed by atoms with van der Waals surface area (Å²) in [6.45, 7) is 2.28. The highest BCUT2D eigenvalue weighted by molar-refractivity contribution is 8.09. The lowest BCUT2D eigenvalue weighted by Crippen LogP contribution is -2.04. The normalized spacial score (nSPS) is 48.9. The Morgan fingerprint density at radius 2 is 2.38 bits per heavy atom. The number of fused-ring (bicyclic) bond motifs is 1. The van der Waals surface area contributed by atoms with E-state index in [-0.39, 0.29) is 0 Å². The lowest BCUT2D eigenvalue weighted by atomic mass is 10.0. The zero-order valence-electron chi connectivity index (χ0n) is 4.79.